The van der Waals surface area contributed by atoms with Crippen molar-refractivity contribution in [3.8, 4) is 0 Å². The van der Waals surface area contributed by atoms with Gasteiger partial charge in [0.05, 0.1) is 16.5 Å². The van der Waals surface area contributed by atoms with Crippen LogP contribution in [0.2, 0.25) is 0 Å². The first-order valence-corrected chi connectivity index (χ1v) is 9.00. The number of H-pyrrole nitrogens is 2. The molecule has 1 aliphatic rings. The van der Waals surface area contributed by atoms with Crippen molar-refractivity contribution in [2.75, 3.05) is 0 Å². The smallest absolute Gasteiger partial charge is 0.292 e. The summed E-state index contributed by atoms with van der Waals surface area (Å²) in [5.74, 6) is 2.96. The predicted molar refractivity (Wildman–Crippen MR) is 82.1 cm³/mol. The number of nitrogens with one attached hydrogen (secondary N) is 2. The van der Waals surface area contributed by atoms with Gasteiger partial charge in [0.15, 0.2) is 0 Å². The Hall–Kier alpha value is -1.08. The molecule has 108 valence electrons. The third kappa shape index (κ3) is 3.52. The van der Waals surface area contributed by atoms with Gasteiger partial charge in [-0.1, -0.05) is 19.3 Å². The molecule has 0 unspecified atom stereocenters. The topological polar surface area (TPSA) is 74.4 Å². The van der Waals surface area contributed by atoms with E-state index in [1.165, 1.54) is 37.1 Å². The highest BCUT2D eigenvalue weighted by Crippen LogP contribution is 2.34. The quantitative estimate of drug-likeness (QED) is 0.890. The molecule has 1 fully saturated rings. The third-order valence-electron chi connectivity index (χ3n) is 3.56. The first kappa shape index (κ1) is 13.9. The van der Waals surface area contributed by atoms with E-state index in [4.69, 9.17) is 4.98 Å². The third-order valence-corrected chi connectivity index (χ3v) is 5.60. The summed E-state index contributed by atoms with van der Waals surface area (Å²) in [5.41, 5.74) is 0.910. The molecule has 0 aromatic carbocycles. The van der Waals surface area contributed by atoms with Gasteiger partial charge >= 0.3 is 5.69 Å². The van der Waals surface area contributed by atoms with Gasteiger partial charge in [-0.2, -0.15) is 5.10 Å². The van der Waals surface area contributed by atoms with Gasteiger partial charge in [0.25, 0.3) is 0 Å². The van der Waals surface area contributed by atoms with Crippen LogP contribution in [-0.4, -0.2) is 20.2 Å². The molecular weight excluding hydrogens is 292 g/mol. The zero-order valence-electron chi connectivity index (χ0n) is 11.2. The van der Waals surface area contributed by atoms with Crippen LogP contribution in [-0.2, 0) is 11.5 Å². The number of thiazole rings is 1. The van der Waals surface area contributed by atoms with Gasteiger partial charge < -0.3 is 0 Å². The fraction of sp³-hybridized carbons (Fsp3) is 0.615. The number of nitrogens with zero attached hydrogens (tertiary/aromatic N) is 2. The maximum absolute atomic E-state index is 10.9. The van der Waals surface area contributed by atoms with Gasteiger partial charge in [0, 0.05) is 17.1 Å². The molecule has 1 aliphatic carbocycles. The highest BCUT2D eigenvalue weighted by atomic mass is 32.2. The number of aromatic nitrogens is 4. The summed E-state index contributed by atoms with van der Waals surface area (Å²) in [6, 6.07) is 0. The van der Waals surface area contributed by atoms with Crippen molar-refractivity contribution in [2.45, 2.75) is 49.5 Å². The van der Waals surface area contributed by atoms with Crippen LogP contribution in [0.25, 0.3) is 0 Å². The molecular formula is C13H18N4OS2. The Balaban J connectivity index is 1.50. The van der Waals surface area contributed by atoms with E-state index in [0.29, 0.717) is 17.5 Å². The second-order valence-electron chi connectivity index (χ2n) is 5.13. The minimum absolute atomic E-state index is 0.242. The average Bonchev–Trinajstić information content (AvgIpc) is 3.09. The standard InChI is InChI=1S/C13H18N4OS2/c18-13-15-11(16-17-13)8-19-6-10-7-20-12(14-10)9-4-2-1-3-5-9/h7,9H,1-6,8H2,(H2,15,16,17,18). The van der Waals surface area contributed by atoms with E-state index in [2.05, 4.69) is 20.6 Å². The lowest BCUT2D eigenvalue weighted by Crippen LogP contribution is -2.04. The summed E-state index contributed by atoms with van der Waals surface area (Å²) >= 11 is 3.53. The highest BCUT2D eigenvalue weighted by molar-refractivity contribution is 7.97. The van der Waals surface area contributed by atoms with Gasteiger partial charge in [-0.3, -0.25) is 4.98 Å². The van der Waals surface area contributed by atoms with E-state index < -0.39 is 0 Å². The Labute approximate surface area is 125 Å². The van der Waals surface area contributed by atoms with E-state index in [1.54, 1.807) is 23.1 Å². The van der Waals surface area contributed by atoms with Gasteiger partial charge in [-0.05, 0) is 12.8 Å². The molecule has 0 radical (unpaired) electrons. The summed E-state index contributed by atoms with van der Waals surface area (Å²) in [4.78, 5) is 18.3. The summed E-state index contributed by atoms with van der Waals surface area (Å²) in [7, 11) is 0. The summed E-state index contributed by atoms with van der Waals surface area (Å²) in [6.07, 6.45) is 6.68. The van der Waals surface area contributed by atoms with Crippen molar-refractivity contribution < 1.29 is 0 Å². The van der Waals surface area contributed by atoms with E-state index >= 15 is 0 Å². The van der Waals surface area contributed by atoms with E-state index in [9.17, 15) is 4.79 Å². The van der Waals surface area contributed by atoms with Crippen LogP contribution in [0, 0.1) is 0 Å². The lowest BCUT2D eigenvalue weighted by molar-refractivity contribution is 0.442. The molecule has 0 atom stereocenters. The SMILES string of the molecule is O=c1[nH]nc(CSCc2csc(C3CCCCC3)n2)[nH]1. The molecule has 3 rings (SSSR count). The molecule has 0 spiro atoms. The van der Waals surface area contributed by atoms with Gasteiger partial charge in [-0.25, -0.2) is 14.9 Å². The van der Waals surface area contributed by atoms with Crippen LogP contribution >= 0.6 is 23.1 Å². The first-order valence-electron chi connectivity index (χ1n) is 6.97. The number of aromatic amines is 2. The average molecular weight is 310 g/mol. The van der Waals surface area contributed by atoms with Crippen LogP contribution in [0.4, 0.5) is 0 Å². The first-order chi connectivity index (χ1) is 9.81. The molecule has 2 aromatic heterocycles. The molecule has 2 heterocycles. The molecule has 0 aliphatic heterocycles. The van der Waals surface area contributed by atoms with Crippen molar-refractivity contribution in [3.63, 3.8) is 0 Å². The van der Waals surface area contributed by atoms with Crippen LogP contribution < -0.4 is 5.69 Å². The van der Waals surface area contributed by atoms with Gasteiger partial charge in [0.1, 0.15) is 5.82 Å². The van der Waals surface area contributed by atoms with Crippen molar-refractivity contribution in [1.29, 1.82) is 0 Å². The minimum Gasteiger partial charge on any atom is -0.292 e. The zero-order chi connectivity index (χ0) is 13.8. The van der Waals surface area contributed by atoms with Crippen molar-refractivity contribution in [2.24, 2.45) is 0 Å². The van der Waals surface area contributed by atoms with Crippen LogP contribution in [0.15, 0.2) is 10.2 Å². The number of hydrogen-bond donors (Lipinski definition) is 2. The highest BCUT2D eigenvalue weighted by Gasteiger charge is 2.18. The molecule has 0 bridgehead atoms. The molecule has 1 saturated carbocycles. The summed E-state index contributed by atoms with van der Waals surface area (Å²) in [6.45, 7) is 0. The van der Waals surface area contributed by atoms with Gasteiger partial charge in [0.2, 0.25) is 0 Å². The predicted octanol–water partition coefficient (Wildman–Crippen LogP) is 3.04. The Morgan fingerprint density at radius 3 is 2.90 bits per heavy atom. The van der Waals surface area contributed by atoms with Crippen LogP contribution in [0.5, 0.6) is 0 Å². The summed E-state index contributed by atoms with van der Waals surface area (Å²) < 4.78 is 0. The zero-order valence-corrected chi connectivity index (χ0v) is 12.9. The number of thioether (sulfide) groups is 1. The molecule has 2 N–H and O–H groups in total. The maximum atomic E-state index is 10.9. The second kappa shape index (κ2) is 6.58. The Morgan fingerprint density at radius 1 is 1.30 bits per heavy atom. The Bertz CT molecular complexity index is 597. The van der Waals surface area contributed by atoms with Crippen molar-refractivity contribution >= 4 is 23.1 Å². The normalized spacial score (nSPS) is 16.6. The largest absolute Gasteiger partial charge is 0.340 e. The van der Waals surface area contributed by atoms with E-state index in [-0.39, 0.29) is 5.69 Å². The monoisotopic (exact) mass is 310 g/mol. The number of hydrogen-bond acceptors (Lipinski definition) is 5. The van der Waals surface area contributed by atoms with Crippen LogP contribution in [0.1, 0.15) is 54.5 Å². The fourth-order valence-electron chi connectivity index (χ4n) is 2.55. The van der Waals surface area contributed by atoms with Crippen molar-refractivity contribution in [1.82, 2.24) is 20.2 Å². The fourth-order valence-corrected chi connectivity index (χ4v) is 4.44. The molecule has 5 nitrogen and oxygen atoms in total. The van der Waals surface area contributed by atoms with Gasteiger partial charge in [-0.15, -0.1) is 23.1 Å². The molecule has 0 amide bonds. The molecule has 7 heteroatoms. The molecule has 0 saturated heterocycles. The Kier molecular flexibility index (Phi) is 4.57. The van der Waals surface area contributed by atoms with Crippen molar-refractivity contribution in [3.05, 3.63) is 32.4 Å². The van der Waals surface area contributed by atoms with E-state index in [1.807, 2.05) is 0 Å². The maximum Gasteiger partial charge on any atom is 0.340 e. The lowest BCUT2D eigenvalue weighted by Gasteiger charge is -2.18. The molecule has 20 heavy (non-hydrogen) atoms. The van der Waals surface area contributed by atoms with Crippen LogP contribution in [0.3, 0.4) is 0 Å². The molecule has 2 aromatic rings. The number of rotatable bonds is 5. The lowest BCUT2D eigenvalue weighted by atomic mass is 9.90. The second-order valence-corrected chi connectivity index (χ2v) is 7.00. The van der Waals surface area contributed by atoms with E-state index in [0.717, 1.165) is 11.4 Å². The Morgan fingerprint density at radius 2 is 2.15 bits per heavy atom. The summed E-state index contributed by atoms with van der Waals surface area (Å²) in [5, 5.41) is 9.75. The minimum atomic E-state index is -0.242.